The Morgan fingerprint density at radius 1 is 1.00 bits per heavy atom. The molecule has 1 aromatic heterocycles. The molecule has 0 amide bonds. The summed E-state index contributed by atoms with van der Waals surface area (Å²) in [6, 6.07) is 9.54. The summed E-state index contributed by atoms with van der Waals surface area (Å²) < 4.78 is 0. The summed E-state index contributed by atoms with van der Waals surface area (Å²) in [6.07, 6.45) is 0. The van der Waals surface area contributed by atoms with Crippen molar-refractivity contribution in [3.63, 3.8) is 0 Å². The molecule has 5 heteroatoms. The molecule has 5 nitrogen and oxygen atoms in total. The zero-order valence-electron chi connectivity index (χ0n) is 12.6. The lowest BCUT2D eigenvalue weighted by atomic mass is 10.1. The number of benzene rings is 1. The number of hydrogen-bond acceptors (Lipinski definition) is 5. The van der Waals surface area contributed by atoms with Crippen molar-refractivity contribution in [2.75, 3.05) is 33.2 Å². The number of carbonyl (C=O) groups excluding carboxylic acids is 1. The zero-order valence-corrected chi connectivity index (χ0v) is 12.6. The number of nitrogens with zero attached hydrogens (tertiary/aromatic N) is 4. The first-order chi connectivity index (χ1) is 10.7. The minimum atomic E-state index is 0.0696. The molecule has 1 fully saturated rings. The van der Waals surface area contributed by atoms with Crippen LogP contribution in [-0.4, -0.2) is 59.0 Å². The number of fused-ring (bicyclic) bond motifs is 3. The molecule has 2 heterocycles. The highest BCUT2D eigenvalue weighted by atomic mass is 16.1. The molecule has 0 atom stereocenters. The van der Waals surface area contributed by atoms with E-state index in [0.29, 0.717) is 5.56 Å². The van der Waals surface area contributed by atoms with Gasteiger partial charge in [0.15, 0.2) is 5.78 Å². The van der Waals surface area contributed by atoms with Gasteiger partial charge in [0.2, 0.25) is 0 Å². The molecule has 0 unspecified atom stereocenters. The minimum Gasteiger partial charge on any atom is -0.304 e. The van der Waals surface area contributed by atoms with E-state index in [4.69, 9.17) is 0 Å². The van der Waals surface area contributed by atoms with Crippen LogP contribution in [0.2, 0.25) is 0 Å². The largest absolute Gasteiger partial charge is 0.304 e. The van der Waals surface area contributed by atoms with E-state index in [-0.39, 0.29) is 5.78 Å². The summed E-state index contributed by atoms with van der Waals surface area (Å²) in [4.78, 5) is 17.2. The second-order valence-corrected chi connectivity index (χ2v) is 6.05. The molecule has 0 spiro atoms. The van der Waals surface area contributed by atoms with Crippen LogP contribution in [-0.2, 0) is 6.54 Å². The fourth-order valence-electron chi connectivity index (χ4n) is 3.15. The maximum atomic E-state index is 12.5. The average molecular weight is 294 g/mol. The van der Waals surface area contributed by atoms with Gasteiger partial charge in [-0.25, -0.2) is 0 Å². The molecule has 0 N–H and O–H groups in total. The van der Waals surface area contributed by atoms with Gasteiger partial charge in [-0.05, 0) is 13.1 Å². The second kappa shape index (κ2) is 5.26. The fraction of sp³-hybridized carbons (Fsp3) is 0.353. The predicted octanol–water partition coefficient (Wildman–Crippen LogP) is 1.44. The Balaban J connectivity index is 1.60. The van der Waals surface area contributed by atoms with E-state index >= 15 is 0 Å². The maximum Gasteiger partial charge on any atom is 0.196 e. The first kappa shape index (κ1) is 13.5. The van der Waals surface area contributed by atoms with Gasteiger partial charge in [0, 0.05) is 43.9 Å². The van der Waals surface area contributed by atoms with Crippen LogP contribution in [0.1, 0.15) is 21.6 Å². The van der Waals surface area contributed by atoms with Crippen LogP contribution >= 0.6 is 0 Å². The summed E-state index contributed by atoms with van der Waals surface area (Å²) in [5.41, 5.74) is 3.94. The molecule has 0 radical (unpaired) electrons. The second-order valence-electron chi connectivity index (χ2n) is 6.05. The van der Waals surface area contributed by atoms with Gasteiger partial charge in [-0.3, -0.25) is 9.69 Å². The number of aromatic nitrogens is 2. The summed E-state index contributed by atoms with van der Waals surface area (Å²) in [7, 11) is 2.14. The van der Waals surface area contributed by atoms with Gasteiger partial charge < -0.3 is 4.90 Å². The van der Waals surface area contributed by atoms with Gasteiger partial charge in [-0.15, -0.1) is 5.10 Å². The molecule has 1 aliphatic carbocycles. The smallest absolute Gasteiger partial charge is 0.196 e. The van der Waals surface area contributed by atoms with Crippen molar-refractivity contribution < 1.29 is 4.79 Å². The number of ketones is 1. The first-order valence-electron chi connectivity index (χ1n) is 7.64. The maximum absolute atomic E-state index is 12.5. The van der Waals surface area contributed by atoms with Crippen molar-refractivity contribution in [2.24, 2.45) is 0 Å². The van der Waals surface area contributed by atoms with Crippen LogP contribution in [0.5, 0.6) is 0 Å². The fourth-order valence-corrected chi connectivity index (χ4v) is 3.15. The van der Waals surface area contributed by atoms with Crippen molar-refractivity contribution in [2.45, 2.75) is 6.54 Å². The van der Waals surface area contributed by atoms with E-state index in [1.165, 1.54) is 0 Å². The van der Waals surface area contributed by atoms with E-state index < -0.39 is 0 Å². The van der Waals surface area contributed by atoms with Crippen LogP contribution in [0, 0.1) is 0 Å². The van der Waals surface area contributed by atoms with E-state index in [1.807, 2.05) is 30.3 Å². The molecule has 1 saturated heterocycles. The Bertz CT molecular complexity index is 735. The van der Waals surface area contributed by atoms with Crippen LogP contribution in [0.25, 0.3) is 11.3 Å². The van der Waals surface area contributed by atoms with Crippen molar-refractivity contribution in [1.82, 2.24) is 20.0 Å². The molecule has 0 saturated carbocycles. The third kappa shape index (κ3) is 2.23. The number of likely N-dealkylation sites (N-methyl/N-ethyl adjacent to an activating group) is 1. The van der Waals surface area contributed by atoms with E-state index in [1.54, 1.807) is 0 Å². The van der Waals surface area contributed by atoms with E-state index in [0.717, 1.165) is 55.2 Å². The van der Waals surface area contributed by atoms with Crippen LogP contribution < -0.4 is 0 Å². The predicted molar refractivity (Wildman–Crippen MR) is 83.7 cm³/mol. The monoisotopic (exact) mass is 294 g/mol. The zero-order chi connectivity index (χ0) is 15.1. The number of carbonyl (C=O) groups is 1. The number of piperazine rings is 1. The standard InChI is InChI=1S/C17H18N4O/c1-20-6-8-21(9-7-20)11-12-10-15-16(19-18-12)13-4-2-3-5-14(13)17(15)22/h2-5,10H,6-9,11H2,1H3. The molecule has 112 valence electrons. The number of rotatable bonds is 2. The summed E-state index contributed by atoms with van der Waals surface area (Å²) in [5, 5.41) is 8.66. The summed E-state index contributed by atoms with van der Waals surface area (Å²) in [6.45, 7) is 4.97. The molecule has 2 aromatic rings. The van der Waals surface area contributed by atoms with Gasteiger partial charge >= 0.3 is 0 Å². The van der Waals surface area contributed by atoms with Crippen LogP contribution in [0.15, 0.2) is 30.3 Å². The van der Waals surface area contributed by atoms with Crippen molar-refractivity contribution in [3.8, 4) is 11.3 Å². The third-order valence-corrected chi connectivity index (χ3v) is 4.50. The van der Waals surface area contributed by atoms with Crippen molar-refractivity contribution >= 4 is 5.78 Å². The lowest BCUT2D eigenvalue weighted by Crippen LogP contribution is -2.44. The summed E-state index contributed by atoms with van der Waals surface area (Å²) in [5.74, 6) is 0.0696. The lowest BCUT2D eigenvalue weighted by Gasteiger charge is -2.31. The molecule has 0 bridgehead atoms. The quantitative estimate of drug-likeness (QED) is 0.716. The van der Waals surface area contributed by atoms with Gasteiger partial charge in [-0.2, -0.15) is 5.10 Å². The SMILES string of the molecule is CN1CCN(Cc2cc3c(nn2)-c2ccccc2C3=O)CC1. The van der Waals surface area contributed by atoms with Gasteiger partial charge in [0.1, 0.15) is 5.69 Å². The Hall–Kier alpha value is -2.11. The highest BCUT2D eigenvalue weighted by Crippen LogP contribution is 2.34. The topological polar surface area (TPSA) is 49.3 Å². The molecular formula is C17H18N4O. The first-order valence-corrected chi connectivity index (χ1v) is 7.64. The minimum absolute atomic E-state index is 0.0696. The van der Waals surface area contributed by atoms with Crippen LogP contribution in [0.3, 0.4) is 0 Å². The van der Waals surface area contributed by atoms with Gasteiger partial charge in [0.05, 0.1) is 11.3 Å². The Kier molecular flexibility index (Phi) is 3.24. The highest BCUT2D eigenvalue weighted by Gasteiger charge is 2.28. The Morgan fingerprint density at radius 3 is 2.50 bits per heavy atom. The molecular weight excluding hydrogens is 276 g/mol. The van der Waals surface area contributed by atoms with E-state index in [9.17, 15) is 4.79 Å². The molecule has 2 aliphatic rings. The van der Waals surface area contributed by atoms with Gasteiger partial charge in [-0.1, -0.05) is 24.3 Å². The summed E-state index contributed by atoms with van der Waals surface area (Å²) >= 11 is 0. The van der Waals surface area contributed by atoms with Crippen molar-refractivity contribution in [1.29, 1.82) is 0 Å². The highest BCUT2D eigenvalue weighted by molar-refractivity contribution is 6.20. The molecule has 1 aromatic carbocycles. The Morgan fingerprint density at radius 2 is 1.73 bits per heavy atom. The lowest BCUT2D eigenvalue weighted by molar-refractivity contribution is 0.104. The Labute approximate surface area is 129 Å². The van der Waals surface area contributed by atoms with Crippen molar-refractivity contribution in [3.05, 3.63) is 47.2 Å². The van der Waals surface area contributed by atoms with E-state index in [2.05, 4.69) is 27.0 Å². The van der Waals surface area contributed by atoms with Gasteiger partial charge in [0.25, 0.3) is 0 Å². The average Bonchev–Trinajstić information content (AvgIpc) is 2.83. The number of hydrogen-bond donors (Lipinski definition) is 0. The third-order valence-electron chi connectivity index (χ3n) is 4.50. The molecule has 4 rings (SSSR count). The molecule has 1 aliphatic heterocycles. The normalized spacial score (nSPS) is 18.3. The molecule has 22 heavy (non-hydrogen) atoms. The van der Waals surface area contributed by atoms with Crippen LogP contribution in [0.4, 0.5) is 0 Å².